The molecule has 1 aliphatic heterocycles. The normalized spacial score (nSPS) is 19.9. The number of anilines is 1. The van der Waals surface area contributed by atoms with E-state index >= 15 is 0 Å². The van der Waals surface area contributed by atoms with Gasteiger partial charge in [-0.15, -0.1) is 0 Å². The van der Waals surface area contributed by atoms with Gasteiger partial charge in [0.05, 0.1) is 12.2 Å². The molecular formula is C17H16FN3O2. The fourth-order valence-electron chi connectivity index (χ4n) is 2.78. The minimum absolute atomic E-state index is 0.121. The molecule has 1 aromatic heterocycles. The second kappa shape index (κ2) is 5.30. The number of halogens is 1. The van der Waals surface area contributed by atoms with Crippen LogP contribution in [0.5, 0.6) is 5.75 Å². The molecule has 0 N–H and O–H groups in total. The van der Waals surface area contributed by atoms with Crippen LogP contribution in [0.3, 0.4) is 0 Å². The molecule has 2 aromatic rings. The van der Waals surface area contributed by atoms with Gasteiger partial charge in [0.1, 0.15) is 17.6 Å². The van der Waals surface area contributed by atoms with Crippen LogP contribution >= 0.6 is 0 Å². The van der Waals surface area contributed by atoms with Gasteiger partial charge >= 0.3 is 0 Å². The second-order valence-corrected chi connectivity index (χ2v) is 6.01. The molecule has 118 valence electrons. The van der Waals surface area contributed by atoms with Crippen molar-refractivity contribution in [3.8, 4) is 5.75 Å². The van der Waals surface area contributed by atoms with E-state index in [2.05, 4.69) is 9.97 Å². The third-order valence-corrected chi connectivity index (χ3v) is 4.08. The minimum Gasteiger partial charge on any atom is -0.484 e. The highest BCUT2D eigenvalue weighted by atomic mass is 19.1. The van der Waals surface area contributed by atoms with Gasteiger partial charge in [-0.25, -0.2) is 14.4 Å². The van der Waals surface area contributed by atoms with Crippen molar-refractivity contribution >= 4 is 11.6 Å². The lowest BCUT2D eigenvalue weighted by molar-refractivity contribution is 0.0954. The van der Waals surface area contributed by atoms with Crippen LogP contribution in [0.1, 0.15) is 42.0 Å². The number of carbonyl (C=O) groups excluding carboxylic acids is 1. The number of hydrogen-bond donors (Lipinski definition) is 0. The quantitative estimate of drug-likeness (QED) is 0.855. The first kappa shape index (κ1) is 14.1. The van der Waals surface area contributed by atoms with Crippen LogP contribution in [-0.2, 0) is 0 Å². The number of hydrogen-bond acceptors (Lipinski definition) is 4. The van der Waals surface area contributed by atoms with Crippen molar-refractivity contribution in [3.05, 3.63) is 47.8 Å². The second-order valence-electron chi connectivity index (χ2n) is 6.01. The number of amides is 1. The van der Waals surface area contributed by atoms with E-state index in [1.807, 2.05) is 6.92 Å². The maximum absolute atomic E-state index is 14.0. The van der Waals surface area contributed by atoms with Gasteiger partial charge in [-0.2, -0.15) is 0 Å². The molecular weight excluding hydrogens is 297 g/mol. The number of rotatable bonds is 2. The molecule has 1 amide bonds. The highest BCUT2D eigenvalue weighted by Crippen LogP contribution is 2.38. The Morgan fingerprint density at radius 2 is 2.17 bits per heavy atom. The predicted octanol–water partition coefficient (Wildman–Crippen LogP) is 2.92. The van der Waals surface area contributed by atoms with Crippen LogP contribution in [-0.4, -0.2) is 28.5 Å². The summed E-state index contributed by atoms with van der Waals surface area (Å²) in [5.41, 5.74) is 0.783. The summed E-state index contributed by atoms with van der Waals surface area (Å²) < 4.78 is 19.5. The largest absolute Gasteiger partial charge is 0.484 e. The van der Waals surface area contributed by atoms with E-state index in [1.165, 1.54) is 11.0 Å². The Kier molecular flexibility index (Phi) is 3.25. The summed E-state index contributed by atoms with van der Waals surface area (Å²) in [5.74, 6) is 0.494. The van der Waals surface area contributed by atoms with Crippen LogP contribution in [0, 0.1) is 5.82 Å². The number of nitrogens with zero attached hydrogens (tertiary/aromatic N) is 3. The Morgan fingerprint density at radius 3 is 2.96 bits per heavy atom. The van der Waals surface area contributed by atoms with E-state index in [4.69, 9.17) is 4.74 Å². The average molecular weight is 313 g/mol. The Bertz CT molecular complexity index is 776. The van der Waals surface area contributed by atoms with Gasteiger partial charge in [0, 0.05) is 12.1 Å². The Hall–Kier alpha value is -2.50. The summed E-state index contributed by atoms with van der Waals surface area (Å²) in [5, 5.41) is 0. The van der Waals surface area contributed by atoms with Crippen molar-refractivity contribution in [1.82, 2.24) is 9.97 Å². The van der Waals surface area contributed by atoms with Crippen LogP contribution in [0.2, 0.25) is 0 Å². The van der Waals surface area contributed by atoms with Gasteiger partial charge in [0.15, 0.2) is 11.6 Å². The fraction of sp³-hybridized carbons (Fsp3) is 0.353. The van der Waals surface area contributed by atoms with Gasteiger partial charge in [0.2, 0.25) is 0 Å². The SMILES string of the molecule is CC1CN(C(=O)c2ccnc(C3CC3)n2)c2cccc(F)c2O1. The lowest BCUT2D eigenvalue weighted by Gasteiger charge is -2.33. The van der Waals surface area contributed by atoms with E-state index < -0.39 is 5.82 Å². The van der Waals surface area contributed by atoms with Gasteiger partial charge < -0.3 is 4.74 Å². The van der Waals surface area contributed by atoms with E-state index in [0.29, 0.717) is 23.8 Å². The van der Waals surface area contributed by atoms with E-state index in [-0.39, 0.29) is 17.8 Å². The van der Waals surface area contributed by atoms with Crippen LogP contribution in [0.25, 0.3) is 0 Å². The topological polar surface area (TPSA) is 55.3 Å². The molecule has 5 nitrogen and oxygen atoms in total. The molecule has 2 heterocycles. The predicted molar refractivity (Wildman–Crippen MR) is 82.2 cm³/mol. The Labute approximate surface area is 133 Å². The molecule has 6 heteroatoms. The summed E-state index contributed by atoms with van der Waals surface area (Å²) in [4.78, 5) is 23.0. The molecule has 0 radical (unpaired) electrons. The smallest absolute Gasteiger partial charge is 0.277 e. The van der Waals surface area contributed by atoms with Gasteiger partial charge in [-0.1, -0.05) is 6.07 Å². The molecule has 23 heavy (non-hydrogen) atoms. The minimum atomic E-state index is -0.465. The molecule has 1 saturated carbocycles. The molecule has 0 spiro atoms. The number of aromatic nitrogens is 2. The number of carbonyl (C=O) groups is 1. The van der Waals surface area contributed by atoms with Crippen LogP contribution < -0.4 is 9.64 Å². The zero-order valence-corrected chi connectivity index (χ0v) is 12.7. The molecule has 1 aromatic carbocycles. The third-order valence-electron chi connectivity index (χ3n) is 4.08. The maximum Gasteiger partial charge on any atom is 0.277 e. The molecule has 4 rings (SSSR count). The van der Waals surface area contributed by atoms with Crippen molar-refractivity contribution in [1.29, 1.82) is 0 Å². The molecule has 1 unspecified atom stereocenters. The van der Waals surface area contributed by atoms with Gasteiger partial charge in [0.25, 0.3) is 5.91 Å². The molecule has 1 fully saturated rings. The van der Waals surface area contributed by atoms with E-state index in [1.54, 1.807) is 24.4 Å². The first-order valence-corrected chi connectivity index (χ1v) is 7.73. The molecule has 2 aliphatic rings. The first-order chi connectivity index (χ1) is 11.1. The van der Waals surface area contributed by atoms with Crippen molar-refractivity contribution in [3.63, 3.8) is 0 Å². The first-order valence-electron chi connectivity index (χ1n) is 7.73. The summed E-state index contributed by atoms with van der Waals surface area (Å²) >= 11 is 0. The zero-order valence-electron chi connectivity index (χ0n) is 12.7. The Balaban J connectivity index is 1.71. The van der Waals surface area contributed by atoms with Gasteiger partial charge in [-0.05, 0) is 38.0 Å². The van der Waals surface area contributed by atoms with Crippen molar-refractivity contribution in [2.75, 3.05) is 11.4 Å². The fourth-order valence-corrected chi connectivity index (χ4v) is 2.78. The third kappa shape index (κ3) is 2.54. The highest BCUT2D eigenvalue weighted by Gasteiger charge is 2.32. The number of ether oxygens (including phenoxy) is 1. The summed E-state index contributed by atoms with van der Waals surface area (Å²) in [6, 6.07) is 6.19. The van der Waals surface area contributed by atoms with Crippen LogP contribution in [0.15, 0.2) is 30.5 Å². The monoisotopic (exact) mass is 313 g/mol. The van der Waals surface area contributed by atoms with Crippen molar-refractivity contribution in [2.24, 2.45) is 0 Å². The zero-order chi connectivity index (χ0) is 16.0. The molecule has 0 bridgehead atoms. The summed E-state index contributed by atoms with van der Waals surface area (Å²) in [6.07, 6.45) is 3.47. The van der Waals surface area contributed by atoms with Crippen molar-refractivity contribution < 1.29 is 13.9 Å². The van der Waals surface area contributed by atoms with E-state index in [9.17, 15) is 9.18 Å². The van der Waals surface area contributed by atoms with Crippen LogP contribution in [0.4, 0.5) is 10.1 Å². The molecule has 0 saturated heterocycles. The summed E-state index contributed by atoms with van der Waals surface area (Å²) in [7, 11) is 0. The molecule has 1 atom stereocenters. The lowest BCUT2D eigenvalue weighted by Crippen LogP contribution is -2.43. The standard InChI is InChI=1S/C17H16FN3O2/c1-10-9-21(14-4-2-3-12(18)15(14)23-10)17(22)13-7-8-19-16(20-13)11-5-6-11/h2-4,7-8,10-11H,5-6,9H2,1H3. The number of benzene rings is 1. The average Bonchev–Trinajstić information content (AvgIpc) is 3.39. The Morgan fingerprint density at radius 1 is 1.35 bits per heavy atom. The molecule has 1 aliphatic carbocycles. The highest BCUT2D eigenvalue weighted by molar-refractivity contribution is 6.05. The maximum atomic E-state index is 14.0. The number of para-hydroxylation sites is 1. The summed E-state index contributed by atoms with van der Waals surface area (Å²) in [6.45, 7) is 2.17. The number of fused-ring (bicyclic) bond motifs is 1. The van der Waals surface area contributed by atoms with E-state index in [0.717, 1.165) is 18.7 Å². The lowest BCUT2D eigenvalue weighted by atomic mass is 10.1. The van der Waals surface area contributed by atoms with Gasteiger partial charge in [-0.3, -0.25) is 9.69 Å². The van der Waals surface area contributed by atoms with Crippen molar-refractivity contribution in [2.45, 2.75) is 31.8 Å².